The molecule has 0 atom stereocenters. The number of rotatable bonds is 2. The minimum Gasteiger partial charge on any atom is -0.397 e. The number of carbonyl (C=O) groups is 1. The van der Waals surface area contributed by atoms with Crippen LogP contribution in [0.4, 0.5) is 10.5 Å². The van der Waals surface area contributed by atoms with Crippen molar-refractivity contribution in [3.63, 3.8) is 0 Å². The number of ether oxygens (including phenoxy) is 1. The van der Waals surface area contributed by atoms with Crippen molar-refractivity contribution in [2.75, 3.05) is 5.73 Å². The largest absolute Gasteiger partial charge is 0.411 e. The number of nitrogens with two attached hydrogens (primary N) is 2. The molecule has 0 saturated carbocycles. The molecule has 2 heterocycles. The Balaban J connectivity index is 2.45. The van der Waals surface area contributed by atoms with E-state index < -0.39 is 6.09 Å². The van der Waals surface area contributed by atoms with Crippen LogP contribution in [0.25, 0.3) is 11.4 Å². The topological polar surface area (TPSA) is 122 Å². The Morgan fingerprint density at radius 2 is 2.24 bits per heavy atom. The molecule has 0 aliphatic heterocycles. The zero-order valence-electron chi connectivity index (χ0n) is 8.99. The third-order valence-corrected chi connectivity index (χ3v) is 2.00. The van der Waals surface area contributed by atoms with E-state index in [0.717, 1.165) is 0 Å². The molecule has 0 bridgehead atoms. The summed E-state index contributed by atoms with van der Waals surface area (Å²) in [5.74, 6) is 0.134. The van der Waals surface area contributed by atoms with E-state index in [1.807, 2.05) is 0 Å². The summed E-state index contributed by atoms with van der Waals surface area (Å²) in [6, 6.07) is 3.30. The van der Waals surface area contributed by atoms with Gasteiger partial charge in [0.05, 0.1) is 17.6 Å². The summed E-state index contributed by atoms with van der Waals surface area (Å²) in [6.07, 6.45) is 0.532. The fourth-order valence-corrected chi connectivity index (χ4v) is 1.26. The van der Waals surface area contributed by atoms with E-state index in [2.05, 4.69) is 15.3 Å². The molecule has 2 rings (SSSR count). The molecule has 0 aliphatic rings. The molecule has 0 unspecified atom stereocenters. The zero-order chi connectivity index (χ0) is 12.4. The van der Waals surface area contributed by atoms with Gasteiger partial charge in [-0.2, -0.15) is 0 Å². The number of aryl methyl sites for hydroxylation is 1. The minimum absolute atomic E-state index is 0.134. The smallest absolute Gasteiger partial charge is 0.397 e. The van der Waals surface area contributed by atoms with Gasteiger partial charge in [0.2, 0.25) is 0 Å². The molecule has 17 heavy (non-hydrogen) atoms. The fourth-order valence-electron chi connectivity index (χ4n) is 1.26. The number of nitrogens with zero attached hydrogens (tertiary/aromatic N) is 4. The molecule has 0 aromatic carbocycles. The molecule has 4 N–H and O–H groups in total. The second-order valence-electron chi connectivity index (χ2n) is 3.26. The second kappa shape index (κ2) is 4.08. The SMILES string of the molecule is Cn1nnc(-c2ccc(N)cn2)c1OC(N)=O. The summed E-state index contributed by atoms with van der Waals surface area (Å²) in [4.78, 5) is 14.8. The van der Waals surface area contributed by atoms with Crippen LogP contribution in [-0.2, 0) is 7.05 Å². The lowest BCUT2D eigenvalue weighted by Crippen LogP contribution is -2.18. The molecule has 2 aromatic rings. The Hall–Kier alpha value is -2.64. The Kier molecular flexibility index (Phi) is 2.61. The number of amides is 1. The van der Waals surface area contributed by atoms with Crippen LogP contribution >= 0.6 is 0 Å². The maximum atomic E-state index is 10.7. The molecule has 0 spiro atoms. The van der Waals surface area contributed by atoms with Crippen LogP contribution in [0, 0.1) is 0 Å². The van der Waals surface area contributed by atoms with Crippen LogP contribution in [0.3, 0.4) is 0 Å². The number of primary amides is 1. The lowest BCUT2D eigenvalue weighted by Gasteiger charge is -2.02. The minimum atomic E-state index is -0.938. The predicted molar refractivity (Wildman–Crippen MR) is 58.9 cm³/mol. The highest BCUT2D eigenvalue weighted by atomic mass is 16.6. The van der Waals surface area contributed by atoms with E-state index in [9.17, 15) is 4.79 Å². The number of anilines is 1. The number of hydrogen-bond acceptors (Lipinski definition) is 6. The van der Waals surface area contributed by atoms with Gasteiger partial charge in [-0.3, -0.25) is 4.98 Å². The van der Waals surface area contributed by atoms with Gasteiger partial charge >= 0.3 is 6.09 Å². The second-order valence-corrected chi connectivity index (χ2v) is 3.26. The Labute approximate surface area is 96.2 Å². The van der Waals surface area contributed by atoms with Crippen molar-refractivity contribution >= 4 is 11.8 Å². The standard InChI is InChI=1S/C9H10N6O2/c1-15-8(17-9(11)16)7(13-14-15)6-3-2-5(10)4-12-6/h2-4H,10H2,1H3,(H2,11,16). The lowest BCUT2D eigenvalue weighted by molar-refractivity contribution is 0.207. The normalized spacial score (nSPS) is 10.2. The van der Waals surface area contributed by atoms with Crippen molar-refractivity contribution in [2.45, 2.75) is 0 Å². The number of hydrogen-bond donors (Lipinski definition) is 2. The first-order chi connectivity index (χ1) is 8.08. The summed E-state index contributed by atoms with van der Waals surface area (Å²) in [7, 11) is 1.58. The Morgan fingerprint density at radius 3 is 2.82 bits per heavy atom. The van der Waals surface area contributed by atoms with Crippen molar-refractivity contribution < 1.29 is 9.53 Å². The van der Waals surface area contributed by atoms with Crippen LogP contribution in [0.1, 0.15) is 0 Å². The molecule has 1 amide bonds. The van der Waals surface area contributed by atoms with E-state index >= 15 is 0 Å². The molecule has 8 nitrogen and oxygen atoms in total. The molecule has 0 aliphatic carbocycles. The lowest BCUT2D eigenvalue weighted by atomic mass is 10.3. The van der Waals surface area contributed by atoms with Gasteiger partial charge in [-0.25, -0.2) is 9.48 Å². The van der Waals surface area contributed by atoms with E-state index in [1.54, 1.807) is 19.2 Å². The molecular formula is C9H10N6O2. The highest BCUT2D eigenvalue weighted by Gasteiger charge is 2.17. The van der Waals surface area contributed by atoms with Crippen LogP contribution in [0.15, 0.2) is 18.3 Å². The van der Waals surface area contributed by atoms with E-state index in [-0.39, 0.29) is 5.88 Å². The van der Waals surface area contributed by atoms with Crippen molar-refractivity contribution in [1.29, 1.82) is 0 Å². The van der Waals surface area contributed by atoms with Crippen LogP contribution in [-0.4, -0.2) is 26.1 Å². The average molecular weight is 234 g/mol. The third kappa shape index (κ3) is 2.14. The van der Waals surface area contributed by atoms with Gasteiger partial charge in [0.15, 0.2) is 5.69 Å². The molecule has 0 saturated heterocycles. The first-order valence-electron chi connectivity index (χ1n) is 4.67. The zero-order valence-corrected chi connectivity index (χ0v) is 8.99. The highest BCUT2D eigenvalue weighted by molar-refractivity contribution is 5.71. The van der Waals surface area contributed by atoms with Crippen LogP contribution in [0.2, 0.25) is 0 Å². The van der Waals surface area contributed by atoms with Gasteiger partial charge in [0.1, 0.15) is 0 Å². The molecule has 0 radical (unpaired) electrons. The molecule has 88 valence electrons. The predicted octanol–water partition coefficient (Wildman–Crippen LogP) is -0.0832. The highest BCUT2D eigenvalue weighted by Crippen LogP contribution is 2.25. The van der Waals surface area contributed by atoms with Crippen molar-refractivity contribution in [3.05, 3.63) is 18.3 Å². The van der Waals surface area contributed by atoms with Gasteiger partial charge in [-0.05, 0) is 12.1 Å². The van der Waals surface area contributed by atoms with E-state index in [0.29, 0.717) is 17.1 Å². The van der Waals surface area contributed by atoms with Crippen molar-refractivity contribution in [3.8, 4) is 17.3 Å². The van der Waals surface area contributed by atoms with Gasteiger partial charge in [0.25, 0.3) is 5.88 Å². The number of nitrogen functional groups attached to an aromatic ring is 1. The van der Waals surface area contributed by atoms with Gasteiger partial charge < -0.3 is 16.2 Å². The van der Waals surface area contributed by atoms with Crippen molar-refractivity contribution in [1.82, 2.24) is 20.0 Å². The summed E-state index contributed by atoms with van der Waals surface area (Å²) in [6.45, 7) is 0. The maximum Gasteiger partial charge on any atom is 0.411 e. The Bertz CT molecular complexity index is 547. The van der Waals surface area contributed by atoms with Crippen LogP contribution < -0.4 is 16.2 Å². The molecule has 0 fully saturated rings. The van der Waals surface area contributed by atoms with Gasteiger partial charge in [-0.1, -0.05) is 5.21 Å². The number of carbonyl (C=O) groups excluding carboxylic acids is 1. The van der Waals surface area contributed by atoms with Gasteiger partial charge in [-0.15, -0.1) is 5.10 Å². The molecule has 8 heteroatoms. The maximum absolute atomic E-state index is 10.7. The third-order valence-electron chi connectivity index (χ3n) is 2.00. The summed E-state index contributed by atoms with van der Waals surface area (Å²) >= 11 is 0. The average Bonchev–Trinajstić information content (AvgIpc) is 2.61. The molecule has 2 aromatic heterocycles. The number of aromatic nitrogens is 4. The Morgan fingerprint density at radius 1 is 1.47 bits per heavy atom. The summed E-state index contributed by atoms with van der Waals surface area (Å²) in [5.41, 5.74) is 11.8. The monoisotopic (exact) mass is 234 g/mol. The number of pyridine rings is 1. The first-order valence-corrected chi connectivity index (χ1v) is 4.67. The van der Waals surface area contributed by atoms with E-state index in [4.69, 9.17) is 16.2 Å². The molecular weight excluding hydrogens is 224 g/mol. The first kappa shape index (κ1) is 10.9. The quantitative estimate of drug-likeness (QED) is 0.749. The summed E-state index contributed by atoms with van der Waals surface area (Å²) in [5, 5.41) is 7.58. The van der Waals surface area contributed by atoms with Crippen molar-refractivity contribution in [2.24, 2.45) is 12.8 Å². The van der Waals surface area contributed by atoms with Gasteiger partial charge in [0, 0.05) is 7.05 Å². The van der Waals surface area contributed by atoms with E-state index in [1.165, 1.54) is 10.9 Å². The fraction of sp³-hybridized carbons (Fsp3) is 0.111. The summed E-state index contributed by atoms with van der Waals surface area (Å²) < 4.78 is 6.10. The van der Waals surface area contributed by atoms with Crippen LogP contribution in [0.5, 0.6) is 5.88 Å².